The minimum Gasteiger partial charge on any atom is -0.478 e. The second-order valence-electron chi connectivity index (χ2n) is 4.18. The first-order valence-electron chi connectivity index (χ1n) is 5.49. The first kappa shape index (κ1) is 13.4. The van der Waals surface area contributed by atoms with E-state index in [0.29, 0.717) is 18.2 Å². The lowest BCUT2D eigenvalue weighted by atomic mass is 10.0. The Kier molecular flexibility index (Phi) is 4.90. The molecule has 1 unspecified atom stereocenters. The number of ether oxygens (including phenoxy) is 1. The van der Waals surface area contributed by atoms with E-state index in [4.69, 9.17) is 9.84 Å². The first-order valence-corrected chi connectivity index (χ1v) is 5.49. The van der Waals surface area contributed by atoms with Crippen molar-refractivity contribution in [1.82, 2.24) is 4.98 Å². The molecule has 0 aliphatic rings. The molecule has 1 aromatic rings. The molecular formula is C12H18N2O3. The largest absolute Gasteiger partial charge is 0.478 e. The fourth-order valence-electron chi connectivity index (χ4n) is 1.47. The molecule has 17 heavy (non-hydrogen) atoms. The number of carbonyl (C=O) groups is 1. The molecule has 0 saturated heterocycles. The van der Waals surface area contributed by atoms with Crippen LogP contribution >= 0.6 is 0 Å². The minimum absolute atomic E-state index is 0.0699. The molecular weight excluding hydrogens is 220 g/mol. The Labute approximate surface area is 101 Å². The molecule has 0 aromatic carbocycles. The van der Waals surface area contributed by atoms with Crippen molar-refractivity contribution < 1.29 is 14.6 Å². The summed E-state index contributed by atoms with van der Waals surface area (Å²) in [5, 5.41) is 12.2. The van der Waals surface area contributed by atoms with Crippen LogP contribution in [0, 0.1) is 5.92 Å². The van der Waals surface area contributed by atoms with Gasteiger partial charge in [0, 0.05) is 19.5 Å². The normalized spacial score (nSPS) is 12.5. The molecule has 0 saturated carbocycles. The average Bonchev–Trinajstić information content (AvgIpc) is 2.28. The van der Waals surface area contributed by atoms with Crippen molar-refractivity contribution >= 4 is 11.7 Å². The standard InChI is InChI=1S/C12H18N2O3/c1-8(2)11(7-17-3)14-10-4-5-13-6-9(10)12(15)16/h4-6,8,11H,7H2,1-3H3,(H,13,14)(H,15,16). The first-order chi connectivity index (χ1) is 8.06. The smallest absolute Gasteiger partial charge is 0.339 e. The summed E-state index contributed by atoms with van der Waals surface area (Å²) in [6.07, 6.45) is 2.91. The Bertz CT molecular complexity index is 380. The Morgan fingerprint density at radius 2 is 2.29 bits per heavy atom. The van der Waals surface area contributed by atoms with E-state index in [0.717, 1.165) is 0 Å². The van der Waals surface area contributed by atoms with Gasteiger partial charge in [0.25, 0.3) is 0 Å². The molecule has 5 heteroatoms. The monoisotopic (exact) mass is 238 g/mol. The van der Waals surface area contributed by atoms with Gasteiger partial charge in [0.15, 0.2) is 0 Å². The van der Waals surface area contributed by atoms with Crippen molar-refractivity contribution in [3.8, 4) is 0 Å². The maximum absolute atomic E-state index is 11.0. The molecule has 0 aliphatic carbocycles. The molecule has 0 amide bonds. The van der Waals surface area contributed by atoms with E-state index in [1.54, 1.807) is 19.4 Å². The van der Waals surface area contributed by atoms with E-state index in [-0.39, 0.29) is 11.6 Å². The maximum Gasteiger partial charge on any atom is 0.339 e. The molecule has 1 rings (SSSR count). The third-order valence-electron chi connectivity index (χ3n) is 2.54. The minimum atomic E-state index is -0.986. The highest BCUT2D eigenvalue weighted by Crippen LogP contribution is 2.17. The summed E-state index contributed by atoms with van der Waals surface area (Å²) in [4.78, 5) is 14.8. The number of aromatic carboxylic acids is 1. The van der Waals surface area contributed by atoms with Gasteiger partial charge in [-0.3, -0.25) is 4.98 Å². The van der Waals surface area contributed by atoms with Crippen LogP contribution in [0.1, 0.15) is 24.2 Å². The Hall–Kier alpha value is -1.62. The number of hydrogen-bond donors (Lipinski definition) is 2. The summed E-state index contributed by atoms with van der Waals surface area (Å²) in [6.45, 7) is 4.63. The van der Waals surface area contributed by atoms with Crippen LogP contribution in [0.2, 0.25) is 0 Å². The number of pyridine rings is 1. The van der Waals surface area contributed by atoms with Gasteiger partial charge in [-0.25, -0.2) is 4.79 Å². The lowest BCUT2D eigenvalue weighted by Crippen LogP contribution is -2.31. The van der Waals surface area contributed by atoms with E-state index in [1.165, 1.54) is 6.20 Å². The van der Waals surface area contributed by atoms with Gasteiger partial charge in [-0.1, -0.05) is 13.8 Å². The van der Waals surface area contributed by atoms with Crippen molar-refractivity contribution in [3.05, 3.63) is 24.0 Å². The van der Waals surface area contributed by atoms with Crippen LogP contribution in [0.5, 0.6) is 0 Å². The summed E-state index contributed by atoms with van der Waals surface area (Å²) in [7, 11) is 1.63. The van der Waals surface area contributed by atoms with Crippen LogP contribution < -0.4 is 5.32 Å². The lowest BCUT2D eigenvalue weighted by molar-refractivity contribution is 0.0697. The van der Waals surface area contributed by atoms with Crippen molar-refractivity contribution in [3.63, 3.8) is 0 Å². The maximum atomic E-state index is 11.0. The van der Waals surface area contributed by atoms with Gasteiger partial charge < -0.3 is 15.2 Å². The van der Waals surface area contributed by atoms with Gasteiger partial charge in [0.2, 0.25) is 0 Å². The van der Waals surface area contributed by atoms with Crippen LogP contribution in [0.4, 0.5) is 5.69 Å². The number of carboxylic acid groups (broad SMARTS) is 1. The number of rotatable bonds is 6. The molecule has 1 heterocycles. The van der Waals surface area contributed by atoms with Gasteiger partial charge in [0.05, 0.1) is 18.3 Å². The zero-order chi connectivity index (χ0) is 12.8. The molecule has 5 nitrogen and oxygen atoms in total. The number of nitrogens with zero attached hydrogens (tertiary/aromatic N) is 1. The second kappa shape index (κ2) is 6.20. The van der Waals surface area contributed by atoms with Crippen LogP contribution in [0.3, 0.4) is 0 Å². The third kappa shape index (κ3) is 3.71. The molecule has 0 aliphatic heterocycles. The van der Waals surface area contributed by atoms with Crippen molar-refractivity contribution in [2.24, 2.45) is 5.92 Å². The number of carboxylic acids is 1. The quantitative estimate of drug-likeness (QED) is 0.791. The zero-order valence-corrected chi connectivity index (χ0v) is 10.3. The predicted molar refractivity (Wildman–Crippen MR) is 65.3 cm³/mol. The van der Waals surface area contributed by atoms with E-state index in [2.05, 4.69) is 24.1 Å². The van der Waals surface area contributed by atoms with E-state index < -0.39 is 5.97 Å². The van der Waals surface area contributed by atoms with E-state index in [9.17, 15) is 4.79 Å². The SMILES string of the molecule is COCC(Nc1ccncc1C(=O)O)C(C)C. The van der Waals surface area contributed by atoms with Gasteiger partial charge in [-0.15, -0.1) is 0 Å². The van der Waals surface area contributed by atoms with Crippen molar-refractivity contribution in [1.29, 1.82) is 0 Å². The highest BCUT2D eigenvalue weighted by Gasteiger charge is 2.16. The van der Waals surface area contributed by atoms with Gasteiger partial charge in [0.1, 0.15) is 5.56 Å². The lowest BCUT2D eigenvalue weighted by Gasteiger charge is -2.23. The summed E-state index contributed by atoms with van der Waals surface area (Å²) in [6, 6.07) is 1.73. The summed E-state index contributed by atoms with van der Waals surface area (Å²) >= 11 is 0. The zero-order valence-electron chi connectivity index (χ0n) is 10.3. The van der Waals surface area contributed by atoms with Crippen LogP contribution in [0.15, 0.2) is 18.5 Å². The number of methoxy groups -OCH3 is 1. The topological polar surface area (TPSA) is 71.5 Å². The molecule has 0 radical (unpaired) electrons. The fraction of sp³-hybridized carbons (Fsp3) is 0.500. The number of aromatic nitrogens is 1. The number of nitrogens with one attached hydrogen (secondary N) is 1. The van der Waals surface area contributed by atoms with Crippen molar-refractivity contribution in [2.45, 2.75) is 19.9 Å². The molecule has 94 valence electrons. The Balaban J connectivity index is 2.88. The van der Waals surface area contributed by atoms with Gasteiger partial charge in [-0.2, -0.15) is 0 Å². The molecule has 0 bridgehead atoms. The van der Waals surface area contributed by atoms with Crippen LogP contribution in [0.25, 0.3) is 0 Å². The number of hydrogen-bond acceptors (Lipinski definition) is 4. The highest BCUT2D eigenvalue weighted by molar-refractivity contribution is 5.93. The van der Waals surface area contributed by atoms with Crippen molar-refractivity contribution in [2.75, 3.05) is 19.0 Å². The van der Waals surface area contributed by atoms with Gasteiger partial charge in [-0.05, 0) is 12.0 Å². The fourth-order valence-corrected chi connectivity index (χ4v) is 1.47. The summed E-state index contributed by atoms with van der Waals surface area (Å²) in [5.74, 6) is -0.648. The molecule has 2 N–H and O–H groups in total. The number of anilines is 1. The summed E-state index contributed by atoms with van der Waals surface area (Å²) in [5.41, 5.74) is 0.748. The molecule has 0 spiro atoms. The van der Waals surface area contributed by atoms with Gasteiger partial charge >= 0.3 is 5.97 Å². The molecule has 0 fully saturated rings. The second-order valence-corrected chi connectivity index (χ2v) is 4.18. The highest BCUT2D eigenvalue weighted by atomic mass is 16.5. The predicted octanol–water partition coefficient (Wildman–Crippen LogP) is 1.86. The van der Waals surface area contributed by atoms with E-state index in [1.807, 2.05) is 0 Å². The van der Waals surface area contributed by atoms with Crippen LogP contribution in [-0.4, -0.2) is 35.8 Å². The Morgan fingerprint density at radius 1 is 1.59 bits per heavy atom. The summed E-state index contributed by atoms with van der Waals surface area (Å²) < 4.78 is 5.11. The Morgan fingerprint density at radius 3 is 2.82 bits per heavy atom. The average molecular weight is 238 g/mol. The molecule has 1 aromatic heterocycles. The molecule has 1 atom stereocenters. The third-order valence-corrected chi connectivity index (χ3v) is 2.54. The van der Waals surface area contributed by atoms with Crippen LogP contribution in [-0.2, 0) is 4.74 Å². The van der Waals surface area contributed by atoms with E-state index >= 15 is 0 Å².